The fraction of sp³-hybridized carbons (Fsp3) is 0.520. The molecular formula is C25H35NO5. The maximum atomic E-state index is 11.9. The highest BCUT2D eigenvalue weighted by atomic mass is 16.5. The highest BCUT2D eigenvalue weighted by Gasteiger charge is 2.46. The van der Waals surface area contributed by atoms with Crippen LogP contribution in [-0.2, 0) is 9.59 Å². The number of piperidine rings is 1. The molecule has 0 radical (unpaired) electrons. The van der Waals surface area contributed by atoms with Gasteiger partial charge in [0.2, 0.25) is 11.6 Å². The highest BCUT2D eigenvalue weighted by molar-refractivity contribution is 6.37. The van der Waals surface area contributed by atoms with Crippen molar-refractivity contribution in [1.29, 1.82) is 0 Å². The van der Waals surface area contributed by atoms with E-state index in [1.807, 2.05) is 52.8 Å². The molecule has 0 bridgehead atoms. The molecule has 1 heterocycles. The molecule has 0 atom stereocenters. The van der Waals surface area contributed by atoms with Crippen molar-refractivity contribution in [2.45, 2.75) is 77.5 Å². The van der Waals surface area contributed by atoms with Gasteiger partial charge in [0, 0.05) is 36.8 Å². The molecule has 0 saturated carbocycles. The van der Waals surface area contributed by atoms with Crippen LogP contribution in [0.25, 0.3) is 6.08 Å². The Morgan fingerprint density at radius 3 is 2.19 bits per heavy atom. The van der Waals surface area contributed by atoms with Gasteiger partial charge in [0.15, 0.2) is 11.5 Å². The van der Waals surface area contributed by atoms with Crippen molar-refractivity contribution in [3.63, 3.8) is 0 Å². The maximum Gasteiger partial charge on any atom is 0.202 e. The molecule has 1 fully saturated rings. The van der Waals surface area contributed by atoms with Gasteiger partial charge in [-0.3, -0.25) is 9.59 Å². The largest absolute Gasteiger partial charge is 0.493 e. The quantitative estimate of drug-likeness (QED) is 0.440. The molecule has 1 aliphatic rings. The average Bonchev–Trinajstić information content (AvgIpc) is 2.70. The number of Topliss-reactive ketones (excluding diaryl/α,β-unsaturated/α-hetero) is 2. The standard InChI is InChI=1S/C25H35NO5/c1-7-8-11-20(27)21(28)12-9-10-18-13-14-22(23(15-18)30-6)31-19-16-24(2,3)26(29)25(4,5)17-19/h7-10,13-15,19,29H,11-12,16-17H2,1-6H3/b8-7-,10-9-. The Balaban J connectivity index is 2.06. The average molecular weight is 430 g/mol. The molecule has 0 amide bonds. The summed E-state index contributed by atoms with van der Waals surface area (Å²) in [6.07, 6.45) is 8.43. The van der Waals surface area contributed by atoms with Gasteiger partial charge in [0.05, 0.1) is 7.11 Å². The lowest BCUT2D eigenvalue weighted by molar-refractivity contribution is -0.254. The molecule has 170 valence electrons. The predicted octanol–water partition coefficient (Wildman–Crippen LogP) is 4.99. The van der Waals surface area contributed by atoms with Gasteiger partial charge in [0.25, 0.3) is 0 Å². The lowest BCUT2D eigenvalue weighted by Gasteiger charge is -2.51. The van der Waals surface area contributed by atoms with Crippen LogP contribution in [0.3, 0.4) is 0 Å². The summed E-state index contributed by atoms with van der Waals surface area (Å²) >= 11 is 0. The monoisotopic (exact) mass is 429 g/mol. The summed E-state index contributed by atoms with van der Waals surface area (Å²) in [6, 6.07) is 5.58. The Morgan fingerprint density at radius 2 is 1.65 bits per heavy atom. The molecule has 0 unspecified atom stereocenters. The zero-order valence-electron chi connectivity index (χ0n) is 19.5. The fourth-order valence-electron chi connectivity index (χ4n) is 4.08. The number of methoxy groups -OCH3 is 1. The Labute approximate surface area is 185 Å². The van der Waals surface area contributed by atoms with Crippen molar-refractivity contribution < 1.29 is 24.3 Å². The molecule has 1 saturated heterocycles. The van der Waals surface area contributed by atoms with Crippen LogP contribution in [0.15, 0.2) is 36.4 Å². The number of hydrogen-bond donors (Lipinski definition) is 1. The summed E-state index contributed by atoms with van der Waals surface area (Å²) in [6.45, 7) is 9.82. The number of rotatable bonds is 9. The van der Waals surface area contributed by atoms with E-state index < -0.39 is 16.9 Å². The first-order valence-corrected chi connectivity index (χ1v) is 10.7. The van der Waals surface area contributed by atoms with Crippen LogP contribution in [0, 0.1) is 0 Å². The van der Waals surface area contributed by atoms with E-state index in [4.69, 9.17) is 9.47 Å². The van der Waals surface area contributed by atoms with E-state index in [0.29, 0.717) is 24.3 Å². The minimum atomic E-state index is -0.404. The number of ketones is 2. The highest BCUT2D eigenvalue weighted by Crippen LogP contribution is 2.40. The van der Waals surface area contributed by atoms with E-state index in [-0.39, 0.29) is 24.7 Å². The third-order valence-corrected chi connectivity index (χ3v) is 5.55. The van der Waals surface area contributed by atoms with Crippen molar-refractivity contribution in [2.24, 2.45) is 0 Å². The van der Waals surface area contributed by atoms with Crippen molar-refractivity contribution in [1.82, 2.24) is 5.06 Å². The van der Waals surface area contributed by atoms with E-state index in [1.165, 1.54) is 5.06 Å². The Bertz CT molecular complexity index is 835. The van der Waals surface area contributed by atoms with Crippen LogP contribution < -0.4 is 9.47 Å². The Hall–Kier alpha value is -2.44. The number of allylic oxidation sites excluding steroid dienone is 3. The van der Waals surface area contributed by atoms with E-state index in [0.717, 1.165) is 5.56 Å². The summed E-state index contributed by atoms with van der Waals surface area (Å²) in [5.41, 5.74) is 0.0436. The molecule has 2 rings (SSSR count). The van der Waals surface area contributed by atoms with Gasteiger partial charge in [-0.05, 0) is 52.3 Å². The minimum Gasteiger partial charge on any atom is -0.493 e. The number of carbonyl (C=O) groups is 2. The first-order chi connectivity index (χ1) is 14.5. The van der Waals surface area contributed by atoms with Crippen molar-refractivity contribution in [2.75, 3.05) is 7.11 Å². The van der Waals surface area contributed by atoms with Gasteiger partial charge in [-0.1, -0.05) is 30.4 Å². The van der Waals surface area contributed by atoms with Crippen LogP contribution in [-0.4, -0.2) is 46.1 Å². The number of ether oxygens (including phenoxy) is 2. The van der Waals surface area contributed by atoms with E-state index in [1.54, 1.807) is 31.4 Å². The van der Waals surface area contributed by atoms with Gasteiger partial charge in [-0.2, -0.15) is 5.06 Å². The zero-order chi connectivity index (χ0) is 23.2. The normalized spacial score (nSPS) is 19.1. The van der Waals surface area contributed by atoms with E-state index >= 15 is 0 Å². The molecular weight excluding hydrogens is 394 g/mol. The molecule has 6 nitrogen and oxygen atoms in total. The second-order valence-electron chi connectivity index (χ2n) is 9.22. The number of hydrogen-bond acceptors (Lipinski definition) is 6. The maximum absolute atomic E-state index is 11.9. The second kappa shape index (κ2) is 10.2. The van der Waals surface area contributed by atoms with Gasteiger partial charge < -0.3 is 14.7 Å². The summed E-state index contributed by atoms with van der Waals surface area (Å²) < 4.78 is 11.8. The van der Waals surface area contributed by atoms with Crippen molar-refractivity contribution in [3.05, 3.63) is 42.0 Å². The van der Waals surface area contributed by atoms with Crippen LogP contribution in [0.2, 0.25) is 0 Å². The van der Waals surface area contributed by atoms with E-state index in [9.17, 15) is 14.8 Å². The number of carbonyl (C=O) groups excluding carboxylic acids is 2. The molecule has 1 N–H and O–H groups in total. The lowest BCUT2D eigenvalue weighted by atomic mass is 9.80. The number of benzene rings is 1. The Kier molecular flexibility index (Phi) is 8.21. The molecule has 0 aliphatic carbocycles. The molecule has 1 aliphatic heterocycles. The van der Waals surface area contributed by atoms with E-state index in [2.05, 4.69) is 0 Å². The van der Waals surface area contributed by atoms with Crippen molar-refractivity contribution >= 4 is 17.6 Å². The third kappa shape index (κ3) is 6.52. The zero-order valence-corrected chi connectivity index (χ0v) is 19.5. The van der Waals surface area contributed by atoms with Gasteiger partial charge in [0.1, 0.15) is 6.10 Å². The van der Waals surface area contributed by atoms with Crippen LogP contribution in [0.4, 0.5) is 0 Å². The smallest absolute Gasteiger partial charge is 0.202 e. The summed E-state index contributed by atoms with van der Waals surface area (Å²) in [7, 11) is 1.59. The lowest BCUT2D eigenvalue weighted by Crippen LogP contribution is -2.61. The van der Waals surface area contributed by atoms with Crippen LogP contribution in [0.1, 0.15) is 65.9 Å². The second-order valence-corrected chi connectivity index (χ2v) is 9.22. The fourth-order valence-corrected chi connectivity index (χ4v) is 4.08. The first kappa shape index (κ1) is 24.8. The Morgan fingerprint density at radius 1 is 1.06 bits per heavy atom. The molecule has 6 heteroatoms. The summed E-state index contributed by atoms with van der Waals surface area (Å²) in [4.78, 5) is 23.6. The summed E-state index contributed by atoms with van der Waals surface area (Å²) in [5, 5.41) is 11.9. The molecule has 31 heavy (non-hydrogen) atoms. The topological polar surface area (TPSA) is 76.1 Å². The number of hydroxylamine groups is 2. The number of nitrogens with zero attached hydrogens (tertiary/aromatic N) is 1. The van der Waals surface area contributed by atoms with Crippen LogP contribution in [0.5, 0.6) is 11.5 Å². The summed E-state index contributed by atoms with van der Waals surface area (Å²) in [5.74, 6) is 0.450. The van der Waals surface area contributed by atoms with Gasteiger partial charge >= 0.3 is 0 Å². The predicted molar refractivity (Wildman–Crippen MR) is 122 cm³/mol. The van der Waals surface area contributed by atoms with Crippen molar-refractivity contribution in [3.8, 4) is 11.5 Å². The molecule has 1 aromatic rings. The van der Waals surface area contributed by atoms with Crippen LogP contribution >= 0.6 is 0 Å². The van der Waals surface area contributed by atoms with Gasteiger partial charge in [-0.15, -0.1) is 0 Å². The molecule has 0 aromatic heterocycles. The van der Waals surface area contributed by atoms with Gasteiger partial charge in [-0.25, -0.2) is 0 Å². The SMILES string of the molecule is C/C=C\CC(=O)C(=O)C/C=C\c1ccc(OC2CC(C)(C)N(O)C(C)(C)C2)c(OC)c1. The molecule has 1 aromatic carbocycles. The first-order valence-electron chi connectivity index (χ1n) is 10.7. The molecule has 0 spiro atoms. The minimum absolute atomic E-state index is 0.0653. The third-order valence-electron chi connectivity index (χ3n) is 5.55.